The Morgan fingerprint density at radius 2 is 2.13 bits per heavy atom. The molecule has 2 aromatic rings. The van der Waals surface area contributed by atoms with Gasteiger partial charge in [0.15, 0.2) is 0 Å². The van der Waals surface area contributed by atoms with Gasteiger partial charge in [-0.2, -0.15) is 0 Å². The number of nitrogens with zero attached hydrogens (tertiary/aromatic N) is 3. The molecule has 1 aromatic carbocycles. The number of aromatic nitrogens is 2. The lowest BCUT2D eigenvalue weighted by Crippen LogP contribution is -2.41. The van der Waals surface area contributed by atoms with Gasteiger partial charge in [0.2, 0.25) is 5.91 Å². The van der Waals surface area contributed by atoms with Crippen LogP contribution in [0.3, 0.4) is 0 Å². The van der Waals surface area contributed by atoms with Crippen LogP contribution in [0.5, 0.6) is 0 Å². The highest BCUT2D eigenvalue weighted by atomic mass is 19.1. The number of benzene rings is 1. The summed E-state index contributed by atoms with van der Waals surface area (Å²) < 4.78 is 13.9. The van der Waals surface area contributed by atoms with Gasteiger partial charge in [-0.15, -0.1) is 0 Å². The molecule has 0 radical (unpaired) electrons. The van der Waals surface area contributed by atoms with Crippen molar-refractivity contribution in [3.63, 3.8) is 0 Å². The summed E-state index contributed by atoms with van der Waals surface area (Å²) in [5.41, 5.74) is -0.357. The highest BCUT2D eigenvalue weighted by Gasteiger charge is 2.30. The summed E-state index contributed by atoms with van der Waals surface area (Å²) in [6.45, 7) is 0.999. The number of nitrogens with one attached hydrogen (secondary N) is 2. The Morgan fingerprint density at radius 1 is 1.39 bits per heavy atom. The molecule has 0 spiro atoms. The Morgan fingerprint density at radius 3 is 2.81 bits per heavy atom. The lowest BCUT2D eigenvalue weighted by atomic mass is 9.86. The van der Waals surface area contributed by atoms with E-state index in [1.807, 2.05) is 0 Å². The van der Waals surface area contributed by atoms with Crippen molar-refractivity contribution < 1.29 is 14.0 Å². The number of aliphatic imine (C=N–C) groups is 1. The zero-order chi connectivity index (χ0) is 22.4. The fourth-order valence-corrected chi connectivity index (χ4v) is 3.90. The van der Waals surface area contributed by atoms with E-state index in [1.165, 1.54) is 24.4 Å². The van der Waals surface area contributed by atoms with Crippen LogP contribution in [0.1, 0.15) is 31.5 Å². The van der Waals surface area contributed by atoms with Crippen LogP contribution in [-0.4, -0.2) is 59.1 Å². The van der Waals surface area contributed by atoms with Gasteiger partial charge in [0.25, 0.3) is 5.56 Å². The molecule has 2 N–H and O–H groups in total. The van der Waals surface area contributed by atoms with E-state index in [0.29, 0.717) is 44.6 Å². The highest BCUT2D eigenvalue weighted by Crippen LogP contribution is 2.21. The van der Waals surface area contributed by atoms with E-state index in [0.717, 1.165) is 6.21 Å². The number of hydrogen-bond acceptors (Lipinski definition) is 6. The first-order chi connectivity index (χ1) is 14.9. The molecule has 8 nitrogen and oxygen atoms in total. The third-order valence-electron chi connectivity index (χ3n) is 5.61. The van der Waals surface area contributed by atoms with Gasteiger partial charge in [-0.25, -0.2) is 9.37 Å². The summed E-state index contributed by atoms with van der Waals surface area (Å²) in [6.07, 6.45) is 4.84. The summed E-state index contributed by atoms with van der Waals surface area (Å²) in [5.74, 6) is -0.997. The van der Waals surface area contributed by atoms with E-state index in [4.69, 9.17) is 5.41 Å². The number of halogens is 1. The van der Waals surface area contributed by atoms with Gasteiger partial charge in [-0.1, -0.05) is 6.07 Å². The number of rotatable bonds is 8. The fourth-order valence-electron chi connectivity index (χ4n) is 3.90. The number of carbonyl (C=O) groups excluding carboxylic acids is 2. The van der Waals surface area contributed by atoms with Crippen LogP contribution in [0.15, 0.2) is 28.0 Å². The minimum atomic E-state index is -0.598. The highest BCUT2D eigenvalue weighted by molar-refractivity contribution is 6.08. The van der Waals surface area contributed by atoms with Crippen LogP contribution < -0.4 is 5.56 Å². The molecule has 1 aliphatic rings. The van der Waals surface area contributed by atoms with Crippen molar-refractivity contribution in [3.05, 3.63) is 40.2 Å². The van der Waals surface area contributed by atoms with Crippen molar-refractivity contribution in [2.75, 3.05) is 20.1 Å². The second-order valence-corrected chi connectivity index (χ2v) is 7.66. The van der Waals surface area contributed by atoms with Crippen LogP contribution >= 0.6 is 0 Å². The van der Waals surface area contributed by atoms with E-state index in [2.05, 4.69) is 15.0 Å². The Hall–Kier alpha value is -3.23. The van der Waals surface area contributed by atoms with E-state index >= 15 is 0 Å². The van der Waals surface area contributed by atoms with Crippen molar-refractivity contribution in [1.82, 2.24) is 14.9 Å². The van der Waals surface area contributed by atoms with Gasteiger partial charge in [0, 0.05) is 51.3 Å². The Kier molecular flexibility index (Phi) is 7.38. The average Bonchev–Trinajstić information content (AvgIpc) is 2.78. The number of aromatic amines is 1. The van der Waals surface area contributed by atoms with E-state index in [1.54, 1.807) is 11.9 Å². The molecule has 1 unspecified atom stereocenters. The Balaban J connectivity index is 1.51. The van der Waals surface area contributed by atoms with Gasteiger partial charge >= 0.3 is 0 Å². The normalized spacial score (nSPS) is 16.0. The largest absolute Gasteiger partial charge is 0.343 e. The van der Waals surface area contributed by atoms with Crippen molar-refractivity contribution >= 4 is 35.0 Å². The number of fused-ring (bicyclic) bond motifs is 1. The monoisotopic (exact) mass is 427 g/mol. The number of hydrogen-bond donors (Lipinski definition) is 2. The second-order valence-electron chi connectivity index (χ2n) is 7.66. The Bertz CT molecular complexity index is 1060. The van der Waals surface area contributed by atoms with Gasteiger partial charge in [0.05, 0.1) is 11.3 Å². The maximum Gasteiger partial charge on any atom is 0.258 e. The number of piperidine rings is 1. The summed E-state index contributed by atoms with van der Waals surface area (Å²) >= 11 is 0. The summed E-state index contributed by atoms with van der Waals surface area (Å²) in [6, 6.07) is 4.24. The number of para-hydroxylation sites is 1. The molecule has 0 bridgehead atoms. The lowest BCUT2D eigenvalue weighted by Gasteiger charge is -2.32. The number of Topliss-reactive ketones (excluding diaryl/α,β-unsaturated/α-hetero) is 1. The molecule has 9 heteroatoms. The number of ketones is 1. The summed E-state index contributed by atoms with van der Waals surface area (Å²) in [5, 5.41) is 7.59. The lowest BCUT2D eigenvalue weighted by molar-refractivity contribution is -0.135. The van der Waals surface area contributed by atoms with E-state index < -0.39 is 17.3 Å². The van der Waals surface area contributed by atoms with Crippen LogP contribution in [0.25, 0.3) is 10.9 Å². The van der Waals surface area contributed by atoms with Crippen molar-refractivity contribution in [2.45, 2.75) is 32.1 Å². The van der Waals surface area contributed by atoms with Crippen molar-refractivity contribution in [2.24, 2.45) is 16.8 Å². The molecule has 1 aromatic heterocycles. The first-order valence-corrected chi connectivity index (χ1v) is 10.4. The van der Waals surface area contributed by atoms with E-state index in [9.17, 15) is 18.8 Å². The van der Waals surface area contributed by atoms with Crippen molar-refractivity contribution in [1.29, 1.82) is 5.41 Å². The van der Waals surface area contributed by atoms with Crippen molar-refractivity contribution in [3.8, 4) is 0 Å². The first-order valence-electron chi connectivity index (χ1n) is 10.4. The molecule has 3 rings (SSSR count). The average molecular weight is 427 g/mol. The second kappa shape index (κ2) is 10.2. The van der Waals surface area contributed by atoms with Crippen LogP contribution in [0, 0.1) is 23.1 Å². The number of likely N-dealkylation sites (tertiary alicyclic amines) is 1. The van der Waals surface area contributed by atoms with Gasteiger partial charge in [-0.3, -0.25) is 19.4 Å². The zero-order valence-corrected chi connectivity index (χ0v) is 17.4. The summed E-state index contributed by atoms with van der Waals surface area (Å²) in [7, 11) is 1.57. The van der Waals surface area contributed by atoms with Crippen LogP contribution in [0.2, 0.25) is 0 Å². The molecule has 164 valence electrons. The van der Waals surface area contributed by atoms with Crippen LogP contribution in [0.4, 0.5) is 4.39 Å². The number of H-pyrrole nitrogens is 1. The molecule has 0 aliphatic carbocycles. The maximum atomic E-state index is 13.9. The van der Waals surface area contributed by atoms with Gasteiger partial charge in [-0.05, 0) is 31.4 Å². The number of aryl methyl sites for hydroxylation is 1. The predicted octanol–water partition coefficient (Wildman–Crippen LogP) is 2.16. The van der Waals surface area contributed by atoms with E-state index in [-0.39, 0.29) is 34.9 Å². The minimum Gasteiger partial charge on any atom is -0.343 e. The minimum absolute atomic E-state index is 0.0149. The number of carbonyl (C=O) groups is 2. The molecule has 0 saturated carbocycles. The molecular weight excluding hydrogens is 401 g/mol. The maximum absolute atomic E-state index is 13.9. The third kappa shape index (κ3) is 5.28. The molecule has 1 amide bonds. The molecule has 31 heavy (non-hydrogen) atoms. The first kappa shape index (κ1) is 22.5. The zero-order valence-electron chi connectivity index (χ0n) is 17.4. The Labute approximate surface area is 179 Å². The van der Waals surface area contributed by atoms with Gasteiger partial charge in [0.1, 0.15) is 22.9 Å². The quantitative estimate of drug-likeness (QED) is 0.627. The fraction of sp³-hybridized carbons (Fsp3) is 0.455. The number of amides is 1. The smallest absolute Gasteiger partial charge is 0.258 e. The molecule has 1 saturated heterocycles. The van der Waals surface area contributed by atoms with Crippen LogP contribution in [-0.2, 0) is 16.0 Å². The molecule has 1 atom stereocenters. The molecular formula is C22H26FN5O3. The topological polar surface area (TPSA) is 119 Å². The molecule has 1 fully saturated rings. The predicted molar refractivity (Wildman–Crippen MR) is 116 cm³/mol. The van der Waals surface area contributed by atoms with Gasteiger partial charge < -0.3 is 15.3 Å². The SMILES string of the molecule is CN=CC(C=N)C(=O)C1CCN(C(=O)CCCc2nc3c(F)cccc3c(=O)[nH]2)CC1. The molecule has 2 heterocycles. The third-order valence-corrected chi connectivity index (χ3v) is 5.61. The summed E-state index contributed by atoms with van der Waals surface area (Å²) in [4.78, 5) is 49.5. The standard InChI is InChI=1S/C22H26FN5O3/c1-25-13-15(12-24)21(30)14-8-10-28(11-9-14)19(29)7-3-6-18-26-20-16(22(31)27-18)4-2-5-17(20)23/h2,4-5,12-15,24H,3,6-11H2,1H3,(H,26,27,31). The molecule has 1 aliphatic heterocycles.